The number of carbonyl (C=O) groups excluding carboxylic acids is 2. The molecule has 2 amide bonds. The van der Waals surface area contributed by atoms with Gasteiger partial charge in [0.15, 0.2) is 0 Å². The predicted molar refractivity (Wildman–Crippen MR) is 68.5 cm³/mol. The molecule has 6 nitrogen and oxygen atoms in total. The molecule has 0 radical (unpaired) electrons. The van der Waals surface area contributed by atoms with Gasteiger partial charge >= 0.3 is 0 Å². The molecule has 0 bridgehead atoms. The average molecular weight is 272 g/mol. The summed E-state index contributed by atoms with van der Waals surface area (Å²) in [6.07, 6.45) is -0.779. The maximum absolute atomic E-state index is 11.7. The number of methoxy groups -OCH3 is 1. The zero-order valence-corrected chi connectivity index (χ0v) is 10.5. The molecule has 1 atom stereocenters. The number of rotatable bonds is 5. The van der Waals surface area contributed by atoms with Crippen molar-refractivity contribution < 1.29 is 14.3 Å². The minimum atomic E-state index is -0.779. The molecule has 0 aliphatic rings. The van der Waals surface area contributed by atoms with Gasteiger partial charge in [-0.25, -0.2) is 0 Å². The van der Waals surface area contributed by atoms with Crippen molar-refractivity contribution in [1.29, 1.82) is 0 Å². The van der Waals surface area contributed by atoms with E-state index in [9.17, 15) is 9.59 Å². The summed E-state index contributed by atoms with van der Waals surface area (Å²) in [5, 5.41) is 2.82. The van der Waals surface area contributed by atoms with Crippen LogP contribution in [0.25, 0.3) is 0 Å². The van der Waals surface area contributed by atoms with Crippen LogP contribution in [0.4, 0.5) is 5.69 Å². The summed E-state index contributed by atoms with van der Waals surface area (Å²) in [6, 6.07) is 4.34. The molecule has 1 unspecified atom stereocenters. The summed E-state index contributed by atoms with van der Waals surface area (Å²) >= 11 is 5.90. The standard InChI is InChI=1S/C11H14ClN3O3/c1-18-9(5-13)11(17)15-8-4-6(10(14)16)2-3-7(8)12/h2-4,9H,5,13H2,1H3,(H2,14,16)(H,15,17). The van der Waals surface area contributed by atoms with E-state index in [1.54, 1.807) is 0 Å². The fraction of sp³-hybridized carbons (Fsp3) is 0.273. The topological polar surface area (TPSA) is 107 Å². The van der Waals surface area contributed by atoms with E-state index in [-0.39, 0.29) is 17.8 Å². The number of carbonyl (C=O) groups is 2. The van der Waals surface area contributed by atoms with Crippen molar-refractivity contribution in [3.8, 4) is 0 Å². The van der Waals surface area contributed by atoms with Crippen molar-refractivity contribution in [2.75, 3.05) is 19.0 Å². The van der Waals surface area contributed by atoms with E-state index in [0.717, 1.165) is 0 Å². The van der Waals surface area contributed by atoms with Crippen LogP contribution < -0.4 is 16.8 Å². The zero-order valence-electron chi connectivity index (χ0n) is 9.77. The van der Waals surface area contributed by atoms with Gasteiger partial charge in [0.1, 0.15) is 6.10 Å². The first-order chi connectivity index (χ1) is 8.49. The molecule has 0 fully saturated rings. The summed E-state index contributed by atoms with van der Waals surface area (Å²) in [7, 11) is 1.37. The van der Waals surface area contributed by atoms with Crippen molar-refractivity contribution >= 4 is 29.1 Å². The van der Waals surface area contributed by atoms with Gasteiger partial charge in [0.2, 0.25) is 5.91 Å². The van der Waals surface area contributed by atoms with Gasteiger partial charge in [-0.2, -0.15) is 0 Å². The van der Waals surface area contributed by atoms with Crippen LogP contribution >= 0.6 is 11.6 Å². The molecule has 1 aromatic rings. The van der Waals surface area contributed by atoms with Crippen molar-refractivity contribution in [3.63, 3.8) is 0 Å². The van der Waals surface area contributed by atoms with Gasteiger partial charge in [-0.15, -0.1) is 0 Å². The van der Waals surface area contributed by atoms with E-state index < -0.39 is 17.9 Å². The van der Waals surface area contributed by atoms with Crippen LogP contribution in [0.3, 0.4) is 0 Å². The molecule has 0 spiro atoms. The van der Waals surface area contributed by atoms with E-state index >= 15 is 0 Å². The smallest absolute Gasteiger partial charge is 0.254 e. The van der Waals surface area contributed by atoms with Crippen LogP contribution in [0, 0.1) is 0 Å². The fourth-order valence-electron chi connectivity index (χ4n) is 1.30. The molecule has 0 aromatic heterocycles. The molecule has 0 aliphatic heterocycles. The summed E-state index contributed by atoms with van der Waals surface area (Å²) < 4.78 is 4.88. The minimum absolute atomic E-state index is 0.0372. The summed E-state index contributed by atoms with van der Waals surface area (Å²) in [5.74, 6) is -1.05. The Morgan fingerprint density at radius 2 is 2.17 bits per heavy atom. The van der Waals surface area contributed by atoms with Gasteiger partial charge in [0.05, 0.1) is 10.7 Å². The van der Waals surface area contributed by atoms with Crippen molar-refractivity contribution in [2.45, 2.75) is 6.10 Å². The second kappa shape index (κ2) is 6.34. The molecule has 1 rings (SSSR count). The molecule has 5 N–H and O–H groups in total. The lowest BCUT2D eigenvalue weighted by molar-refractivity contribution is -0.125. The summed E-state index contributed by atoms with van der Waals surface area (Å²) in [4.78, 5) is 22.7. The Hall–Kier alpha value is -1.63. The molecular weight excluding hydrogens is 258 g/mol. The van der Waals surface area contributed by atoms with Crippen LogP contribution in [-0.4, -0.2) is 31.6 Å². The van der Waals surface area contributed by atoms with Crippen molar-refractivity contribution in [3.05, 3.63) is 28.8 Å². The number of hydrogen-bond acceptors (Lipinski definition) is 4. The van der Waals surface area contributed by atoms with Gasteiger partial charge < -0.3 is 21.5 Å². The van der Waals surface area contributed by atoms with Crippen LogP contribution in [0.1, 0.15) is 10.4 Å². The Bertz CT molecular complexity index is 461. The quantitative estimate of drug-likeness (QED) is 0.718. The normalized spacial score (nSPS) is 11.9. The SMILES string of the molecule is COC(CN)C(=O)Nc1cc(C(N)=O)ccc1Cl. The minimum Gasteiger partial charge on any atom is -0.370 e. The number of benzene rings is 1. The van der Waals surface area contributed by atoms with E-state index in [2.05, 4.69) is 5.32 Å². The van der Waals surface area contributed by atoms with Gasteiger partial charge in [0, 0.05) is 19.2 Å². The van der Waals surface area contributed by atoms with Crippen molar-refractivity contribution in [2.24, 2.45) is 11.5 Å². The Balaban J connectivity index is 2.93. The van der Waals surface area contributed by atoms with Gasteiger partial charge in [-0.1, -0.05) is 11.6 Å². The zero-order chi connectivity index (χ0) is 13.7. The van der Waals surface area contributed by atoms with E-state index in [1.807, 2.05) is 0 Å². The molecule has 0 saturated heterocycles. The number of ether oxygens (including phenoxy) is 1. The number of primary amides is 1. The maximum Gasteiger partial charge on any atom is 0.254 e. The molecular formula is C11H14ClN3O3. The summed E-state index contributed by atoms with van der Waals surface area (Å²) in [5.41, 5.74) is 11.0. The lowest BCUT2D eigenvalue weighted by Crippen LogP contribution is -2.36. The Morgan fingerprint density at radius 1 is 1.50 bits per heavy atom. The molecule has 98 valence electrons. The predicted octanol–water partition coefficient (Wildman–Crippen LogP) is 0.351. The molecule has 1 aromatic carbocycles. The first-order valence-electron chi connectivity index (χ1n) is 5.12. The number of nitrogens with one attached hydrogen (secondary N) is 1. The third-order valence-corrected chi connectivity index (χ3v) is 2.63. The van der Waals surface area contributed by atoms with Gasteiger partial charge in [-0.3, -0.25) is 9.59 Å². The fourth-order valence-corrected chi connectivity index (χ4v) is 1.46. The number of amides is 2. The van der Waals surface area contributed by atoms with Crippen molar-refractivity contribution in [1.82, 2.24) is 0 Å². The third kappa shape index (κ3) is 3.43. The number of nitrogens with two attached hydrogens (primary N) is 2. The Morgan fingerprint density at radius 3 is 2.67 bits per heavy atom. The van der Waals surface area contributed by atoms with Crippen LogP contribution in [-0.2, 0) is 9.53 Å². The van der Waals surface area contributed by atoms with Crippen LogP contribution in [0.15, 0.2) is 18.2 Å². The third-order valence-electron chi connectivity index (χ3n) is 2.30. The molecule has 18 heavy (non-hydrogen) atoms. The molecule has 0 aliphatic carbocycles. The van der Waals surface area contributed by atoms with E-state index in [1.165, 1.54) is 25.3 Å². The first-order valence-corrected chi connectivity index (χ1v) is 5.50. The monoisotopic (exact) mass is 271 g/mol. The number of anilines is 1. The Kier molecular flexibility index (Phi) is 5.08. The van der Waals surface area contributed by atoms with Gasteiger partial charge in [0.25, 0.3) is 5.91 Å². The van der Waals surface area contributed by atoms with Gasteiger partial charge in [-0.05, 0) is 18.2 Å². The molecule has 0 saturated carbocycles. The molecule has 7 heteroatoms. The highest BCUT2D eigenvalue weighted by Crippen LogP contribution is 2.23. The highest BCUT2D eigenvalue weighted by atomic mass is 35.5. The highest BCUT2D eigenvalue weighted by Gasteiger charge is 2.17. The summed E-state index contributed by atoms with van der Waals surface area (Å²) in [6.45, 7) is 0.0372. The Labute approximate surface area is 109 Å². The first kappa shape index (κ1) is 14.4. The van der Waals surface area contributed by atoms with E-state index in [4.69, 9.17) is 27.8 Å². The lowest BCUT2D eigenvalue weighted by Gasteiger charge is -2.14. The van der Waals surface area contributed by atoms with Crippen LogP contribution in [0.2, 0.25) is 5.02 Å². The number of hydrogen-bond donors (Lipinski definition) is 3. The average Bonchev–Trinajstić information content (AvgIpc) is 2.33. The number of halogens is 1. The highest BCUT2D eigenvalue weighted by molar-refractivity contribution is 6.34. The second-order valence-corrected chi connectivity index (χ2v) is 3.92. The molecule has 0 heterocycles. The second-order valence-electron chi connectivity index (χ2n) is 3.51. The van der Waals surface area contributed by atoms with Crippen LogP contribution in [0.5, 0.6) is 0 Å². The maximum atomic E-state index is 11.7. The largest absolute Gasteiger partial charge is 0.370 e. The van der Waals surface area contributed by atoms with E-state index in [0.29, 0.717) is 5.02 Å². The lowest BCUT2D eigenvalue weighted by atomic mass is 10.2.